The molecule has 1 rings (SSSR count). The third-order valence-corrected chi connectivity index (χ3v) is 1.89. The Morgan fingerprint density at radius 1 is 1.44 bits per heavy atom. The Kier molecular flexibility index (Phi) is 4.12. The lowest BCUT2D eigenvalue weighted by Crippen LogP contribution is -2.26. The van der Waals surface area contributed by atoms with Crippen LogP contribution in [0.5, 0.6) is 0 Å². The molecule has 0 unspecified atom stereocenters. The number of carbonyl (C=O) groups excluding carboxylic acids is 1. The Labute approximate surface area is 94.6 Å². The summed E-state index contributed by atoms with van der Waals surface area (Å²) in [5, 5.41) is 2.39. The normalized spacial score (nSPS) is 11.2. The maximum atomic E-state index is 12.2. The van der Waals surface area contributed by atoms with E-state index in [-0.39, 0.29) is 18.1 Å². The predicted molar refractivity (Wildman–Crippen MR) is 52.3 cm³/mol. The summed E-state index contributed by atoms with van der Waals surface area (Å²) in [6.45, 7) is 0.239. The topological polar surface area (TPSA) is 42.0 Å². The molecule has 3 nitrogen and oxygen atoms in total. The highest BCUT2D eigenvalue weighted by Crippen LogP contribution is 2.28. The molecular formula is C9H8ClF3N2O. The second-order valence-electron chi connectivity index (χ2n) is 2.87. The fourth-order valence-electron chi connectivity index (χ4n) is 0.947. The van der Waals surface area contributed by atoms with Crippen LogP contribution in [0, 0.1) is 0 Å². The zero-order valence-electron chi connectivity index (χ0n) is 8.01. The van der Waals surface area contributed by atoms with Gasteiger partial charge in [0.05, 0.1) is 5.56 Å². The van der Waals surface area contributed by atoms with Crippen molar-refractivity contribution in [3.05, 3.63) is 29.6 Å². The van der Waals surface area contributed by atoms with E-state index in [0.29, 0.717) is 6.20 Å². The Morgan fingerprint density at radius 3 is 2.56 bits per heavy atom. The minimum atomic E-state index is -4.45. The van der Waals surface area contributed by atoms with Gasteiger partial charge in [0.25, 0.3) is 5.91 Å². The summed E-state index contributed by atoms with van der Waals surface area (Å²) in [6, 6.07) is 1.83. The van der Waals surface area contributed by atoms with Crippen LogP contribution in [0.15, 0.2) is 18.3 Å². The van der Waals surface area contributed by atoms with Gasteiger partial charge < -0.3 is 5.32 Å². The molecule has 0 aromatic carbocycles. The number of pyridine rings is 1. The van der Waals surface area contributed by atoms with Crippen molar-refractivity contribution in [1.29, 1.82) is 0 Å². The highest BCUT2D eigenvalue weighted by Gasteiger charge is 2.30. The van der Waals surface area contributed by atoms with Gasteiger partial charge in [-0.25, -0.2) is 0 Å². The summed E-state index contributed by atoms with van der Waals surface area (Å²) in [5.74, 6) is -0.318. The van der Waals surface area contributed by atoms with Crippen LogP contribution in [-0.2, 0) is 6.18 Å². The van der Waals surface area contributed by atoms with Crippen molar-refractivity contribution in [3.63, 3.8) is 0 Å². The number of alkyl halides is 4. The van der Waals surface area contributed by atoms with E-state index in [2.05, 4.69) is 10.3 Å². The van der Waals surface area contributed by atoms with E-state index in [9.17, 15) is 18.0 Å². The van der Waals surface area contributed by atoms with Crippen molar-refractivity contribution in [2.24, 2.45) is 0 Å². The number of amides is 1. The molecule has 16 heavy (non-hydrogen) atoms. The van der Waals surface area contributed by atoms with Gasteiger partial charge in [0.2, 0.25) is 0 Å². The molecule has 0 aliphatic carbocycles. The lowest BCUT2D eigenvalue weighted by Gasteiger charge is -2.06. The lowest BCUT2D eigenvalue weighted by molar-refractivity contribution is -0.137. The van der Waals surface area contributed by atoms with Crippen molar-refractivity contribution < 1.29 is 18.0 Å². The van der Waals surface area contributed by atoms with Crippen molar-refractivity contribution in [2.45, 2.75) is 6.18 Å². The van der Waals surface area contributed by atoms with Crippen LogP contribution < -0.4 is 5.32 Å². The van der Waals surface area contributed by atoms with Crippen LogP contribution in [0.1, 0.15) is 16.1 Å². The molecule has 0 saturated heterocycles. The SMILES string of the molecule is O=C(NCCCl)c1ccc(C(F)(F)F)cn1. The van der Waals surface area contributed by atoms with Gasteiger partial charge in [-0.3, -0.25) is 9.78 Å². The van der Waals surface area contributed by atoms with Crippen molar-refractivity contribution in [1.82, 2.24) is 10.3 Å². The first-order valence-electron chi connectivity index (χ1n) is 4.32. The first-order chi connectivity index (χ1) is 7.45. The second kappa shape index (κ2) is 5.16. The molecule has 1 amide bonds. The largest absolute Gasteiger partial charge is 0.417 e. The summed E-state index contributed by atoms with van der Waals surface area (Å²) >= 11 is 5.33. The fourth-order valence-corrected chi connectivity index (χ4v) is 1.04. The molecule has 0 bridgehead atoms. The van der Waals surface area contributed by atoms with Crippen molar-refractivity contribution >= 4 is 17.5 Å². The Hall–Kier alpha value is -1.30. The lowest BCUT2D eigenvalue weighted by atomic mass is 10.2. The maximum absolute atomic E-state index is 12.2. The van der Waals surface area contributed by atoms with Crippen LogP contribution in [0.3, 0.4) is 0 Å². The smallest absolute Gasteiger partial charge is 0.350 e. The van der Waals surface area contributed by atoms with Crippen LogP contribution in [0.4, 0.5) is 13.2 Å². The number of halogens is 4. The molecule has 0 saturated carbocycles. The number of hydrogen-bond donors (Lipinski definition) is 1. The molecular weight excluding hydrogens is 245 g/mol. The maximum Gasteiger partial charge on any atom is 0.417 e. The van der Waals surface area contributed by atoms with E-state index in [0.717, 1.165) is 12.1 Å². The number of aromatic nitrogens is 1. The monoisotopic (exact) mass is 252 g/mol. The van der Waals surface area contributed by atoms with Crippen LogP contribution in [-0.4, -0.2) is 23.3 Å². The molecule has 0 radical (unpaired) electrons. The molecule has 7 heteroatoms. The summed E-state index contributed by atoms with van der Waals surface area (Å²) in [4.78, 5) is 14.7. The molecule has 1 aromatic rings. The van der Waals surface area contributed by atoms with Gasteiger partial charge >= 0.3 is 6.18 Å². The molecule has 88 valence electrons. The number of hydrogen-bond acceptors (Lipinski definition) is 2. The Balaban J connectivity index is 2.75. The van der Waals surface area contributed by atoms with Gasteiger partial charge in [0.15, 0.2) is 0 Å². The number of nitrogens with one attached hydrogen (secondary N) is 1. The van der Waals surface area contributed by atoms with E-state index in [1.165, 1.54) is 0 Å². The first kappa shape index (κ1) is 12.8. The van der Waals surface area contributed by atoms with E-state index in [1.807, 2.05) is 0 Å². The average Bonchev–Trinajstić information content (AvgIpc) is 2.25. The van der Waals surface area contributed by atoms with Crippen LogP contribution in [0.25, 0.3) is 0 Å². The molecule has 0 aliphatic rings. The van der Waals surface area contributed by atoms with E-state index in [4.69, 9.17) is 11.6 Å². The van der Waals surface area contributed by atoms with Gasteiger partial charge in [-0.1, -0.05) is 0 Å². The van der Waals surface area contributed by atoms with E-state index in [1.54, 1.807) is 0 Å². The molecule has 1 N–H and O–H groups in total. The Morgan fingerprint density at radius 2 is 2.12 bits per heavy atom. The second-order valence-corrected chi connectivity index (χ2v) is 3.25. The average molecular weight is 253 g/mol. The number of nitrogens with zero attached hydrogens (tertiary/aromatic N) is 1. The summed E-state index contributed by atoms with van der Waals surface area (Å²) in [5.41, 5.74) is -0.959. The highest BCUT2D eigenvalue weighted by atomic mass is 35.5. The number of carbonyl (C=O) groups is 1. The van der Waals surface area contributed by atoms with E-state index >= 15 is 0 Å². The van der Waals surface area contributed by atoms with Gasteiger partial charge in [0, 0.05) is 18.6 Å². The minimum absolute atomic E-state index is 0.0712. The summed E-state index contributed by atoms with van der Waals surface area (Å²) in [7, 11) is 0. The highest BCUT2D eigenvalue weighted by molar-refractivity contribution is 6.18. The van der Waals surface area contributed by atoms with Crippen molar-refractivity contribution in [3.8, 4) is 0 Å². The van der Waals surface area contributed by atoms with Gasteiger partial charge in [0.1, 0.15) is 5.69 Å². The van der Waals surface area contributed by atoms with Gasteiger partial charge in [-0.15, -0.1) is 11.6 Å². The third kappa shape index (κ3) is 3.37. The van der Waals surface area contributed by atoms with Gasteiger partial charge in [-0.2, -0.15) is 13.2 Å². The first-order valence-corrected chi connectivity index (χ1v) is 4.86. The molecule has 1 heterocycles. The summed E-state index contributed by atoms with van der Waals surface area (Å²) in [6.07, 6.45) is -3.83. The fraction of sp³-hybridized carbons (Fsp3) is 0.333. The van der Waals surface area contributed by atoms with Crippen molar-refractivity contribution in [2.75, 3.05) is 12.4 Å². The minimum Gasteiger partial charge on any atom is -0.350 e. The zero-order valence-corrected chi connectivity index (χ0v) is 8.77. The standard InChI is InChI=1S/C9H8ClF3N2O/c10-3-4-14-8(16)7-2-1-6(5-15-7)9(11,12)13/h1-2,5H,3-4H2,(H,14,16). The van der Waals surface area contributed by atoms with E-state index < -0.39 is 17.6 Å². The molecule has 0 atom stereocenters. The number of rotatable bonds is 3. The summed E-state index contributed by atoms with van der Waals surface area (Å²) < 4.78 is 36.5. The van der Waals surface area contributed by atoms with Crippen LogP contribution in [0.2, 0.25) is 0 Å². The molecule has 0 spiro atoms. The molecule has 0 aliphatic heterocycles. The van der Waals surface area contributed by atoms with Gasteiger partial charge in [-0.05, 0) is 12.1 Å². The Bertz CT molecular complexity index is 364. The third-order valence-electron chi connectivity index (χ3n) is 1.70. The molecule has 0 fully saturated rings. The zero-order chi connectivity index (χ0) is 12.2. The predicted octanol–water partition coefficient (Wildman–Crippen LogP) is 2.07. The molecule has 1 aromatic heterocycles. The quantitative estimate of drug-likeness (QED) is 0.837. The van der Waals surface area contributed by atoms with Crippen LogP contribution >= 0.6 is 11.6 Å².